The van der Waals surface area contributed by atoms with Gasteiger partial charge in [-0.25, -0.2) is 0 Å². The fraction of sp³-hybridized carbons (Fsp3) is 0.917. The molecular formula is C12H21NO. The zero-order valence-electron chi connectivity index (χ0n) is 9.00. The maximum Gasteiger partial charge on any atom is 0.134 e. The first-order valence-electron chi connectivity index (χ1n) is 6.12. The summed E-state index contributed by atoms with van der Waals surface area (Å²) in [6.07, 6.45) is 9.65. The largest absolute Gasteiger partial charge is 0.300 e. The molecule has 1 saturated heterocycles. The van der Waals surface area contributed by atoms with Crippen LogP contribution >= 0.6 is 0 Å². The second-order valence-electron chi connectivity index (χ2n) is 4.74. The standard InChI is InChI=1S/C12H21NO/c14-12-7-6-11(10-12)13-8-4-2-1-3-5-9-13/h11H,1-10H2. The van der Waals surface area contributed by atoms with Gasteiger partial charge < -0.3 is 0 Å². The lowest BCUT2D eigenvalue weighted by atomic mass is 10.1. The number of carbonyl (C=O) groups is 1. The highest BCUT2D eigenvalue weighted by molar-refractivity contribution is 5.81. The number of carbonyl (C=O) groups excluding carboxylic acids is 1. The van der Waals surface area contributed by atoms with Gasteiger partial charge in [0.25, 0.3) is 0 Å². The zero-order valence-corrected chi connectivity index (χ0v) is 9.00. The van der Waals surface area contributed by atoms with E-state index in [1.807, 2.05) is 0 Å². The molecule has 1 atom stereocenters. The van der Waals surface area contributed by atoms with Crippen LogP contribution in [0.3, 0.4) is 0 Å². The van der Waals surface area contributed by atoms with Crippen LogP contribution in [-0.4, -0.2) is 29.8 Å². The third kappa shape index (κ3) is 2.57. The molecule has 0 bridgehead atoms. The zero-order chi connectivity index (χ0) is 9.80. The van der Waals surface area contributed by atoms with Gasteiger partial charge in [0.1, 0.15) is 5.78 Å². The van der Waals surface area contributed by atoms with Crippen molar-refractivity contribution in [1.29, 1.82) is 0 Å². The Morgan fingerprint density at radius 3 is 2.21 bits per heavy atom. The minimum Gasteiger partial charge on any atom is -0.300 e. The van der Waals surface area contributed by atoms with Crippen LogP contribution in [0, 0.1) is 0 Å². The number of hydrogen-bond acceptors (Lipinski definition) is 2. The van der Waals surface area contributed by atoms with Crippen LogP contribution in [0.1, 0.15) is 51.4 Å². The molecule has 1 saturated carbocycles. The van der Waals surface area contributed by atoms with Crippen molar-refractivity contribution in [3.8, 4) is 0 Å². The van der Waals surface area contributed by atoms with Gasteiger partial charge in [-0.15, -0.1) is 0 Å². The van der Waals surface area contributed by atoms with Crippen molar-refractivity contribution in [3.05, 3.63) is 0 Å². The van der Waals surface area contributed by atoms with Gasteiger partial charge in [-0.1, -0.05) is 19.3 Å². The van der Waals surface area contributed by atoms with Crippen LogP contribution in [-0.2, 0) is 4.79 Å². The monoisotopic (exact) mass is 195 g/mol. The number of rotatable bonds is 1. The van der Waals surface area contributed by atoms with Crippen LogP contribution in [0.2, 0.25) is 0 Å². The van der Waals surface area contributed by atoms with Crippen LogP contribution in [0.4, 0.5) is 0 Å². The predicted molar refractivity (Wildman–Crippen MR) is 57.3 cm³/mol. The van der Waals surface area contributed by atoms with Crippen molar-refractivity contribution in [3.63, 3.8) is 0 Å². The molecule has 0 N–H and O–H groups in total. The first-order valence-corrected chi connectivity index (χ1v) is 6.12. The lowest BCUT2D eigenvalue weighted by Crippen LogP contribution is -2.36. The molecule has 2 fully saturated rings. The molecule has 2 aliphatic rings. The summed E-state index contributed by atoms with van der Waals surface area (Å²) < 4.78 is 0. The molecule has 2 rings (SSSR count). The molecule has 0 amide bonds. The SMILES string of the molecule is O=C1CCC(N2CCCCCCC2)C1. The van der Waals surface area contributed by atoms with E-state index in [0.29, 0.717) is 11.8 Å². The molecule has 1 aliphatic carbocycles. The van der Waals surface area contributed by atoms with Crippen LogP contribution in [0.15, 0.2) is 0 Å². The highest BCUT2D eigenvalue weighted by atomic mass is 16.1. The van der Waals surface area contributed by atoms with Crippen molar-refractivity contribution in [2.24, 2.45) is 0 Å². The summed E-state index contributed by atoms with van der Waals surface area (Å²) in [5.41, 5.74) is 0. The van der Waals surface area contributed by atoms with E-state index in [9.17, 15) is 4.79 Å². The maximum atomic E-state index is 11.2. The van der Waals surface area contributed by atoms with E-state index in [2.05, 4.69) is 4.90 Å². The second-order valence-corrected chi connectivity index (χ2v) is 4.74. The van der Waals surface area contributed by atoms with Gasteiger partial charge in [0.15, 0.2) is 0 Å². The first kappa shape index (κ1) is 10.2. The van der Waals surface area contributed by atoms with Gasteiger partial charge in [-0.3, -0.25) is 9.69 Å². The highest BCUT2D eigenvalue weighted by Crippen LogP contribution is 2.23. The fourth-order valence-electron chi connectivity index (χ4n) is 2.74. The molecule has 14 heavy (non-hydrogen) atoms. The average molecular weight is 195 g/mol. The Labute approximate surface area is 86.7 Å². The fourth-order valence-corrected chi connectivity index (χ4v) is 2.74. The number of nitrogens with zero attached hydrogens (tertiary/aromatic N) is 1. The molecule has 1 heterocycles. The Morgan fingerprint density at radius 2 is 1.64 bits per heavy atom. The molecule has 0 spiro atoms. The minimum absolute atomic E-state index is 0.483. The summed E-state index contributed by atoms with van der Waals surface area (Å²) in [6.45, 7) is 2.47. The molecule has 1 aliphatic heterocycles. The minimum atomic E-state index is 0.483. The molecule has 0 radical (unpaired) electrons. The van der Waals surface area contributed by atoms with Crippen LogP contribution in [0.25, 0.3) is 0 Å². The number of hydrogen-bond donors (Lipinski definition) is 0. The third-order valence-electron chi connectivity index (χ3n) is 3.63. The summed E-state index contributed by atoms with van der Waals surface area (Å²) in [5, 5.41) is 0. The molecule has 0 aromatic rings. The molecular weight excluding hydrogens is 174 g/mol. The molecule has 0 aromatic carbocycles. The Morgan fingerprint density at radius 1 is 1.00 bits per heavy atom. The van der Waals surface area contributed by atoms with Gasteiger partial charge in [-0.05, 0) is 32.4 Å². The smallest absolute Gasteiger partial charge is 0.134 e. The predicted octanol–water partition coefficient (Wildman–Crippen LogP) is 2.37. The Bertz CT molecular complexity index is 194. The van der Waals surface area contributed by atoms with E-state index in [-0.39, 0.29) is 0 Å². The van der Waals surface area contributed by atoms with Crippen molar-refractivity contribution in [1.82, 2.24) is 4.90 Å². The van der Waals surface area contributed by atoms with Crippen LogP contribution in [0.5, 0.6) is 0 Å². The average Bonchev–Trinajstić information content (AvgIpc) is 2.51. The topological polar surface area (TPSA) is 20.3 Å². The van der Waals surface area contributed by atoms with Gasteiger partial charge in [-0.2, -0.15) is 0 Å². The first-order chi connectivity index (χ1) is 6.86. The van der Waals surface area contributed by atoms with Crippen LogP contribution < -0.4 is 0 Å². The van der Waals surface area contributed by atoms with Crippen molar-refractivity contribution in [2.45, 2.75) is 57.4 Å². The Kier molecular flexibility index (Phi) is 3.57. The van der Waals surface area contributed by atoms with Crippen molar-refractivity contribution >= 4 is 5.78 Å². The lowest BCUT2D eigenvalue weighted by molar-refractivity contribution is -0.117. The van der Waals surface area contributed by atoms with Gasteiger partial charge >= 0.3 is 0 Å². The molecule has 1 unspecified atom stereocenters. The van der Waals surface area contributed by atoms with Crippen molar-refractivity contribution < 1.29 is 4.79 Å². The number of Topliss-reactive ketones (excluding diaryl/α,β-unsaturated/α-hetero) is 1. The summed E-state index contributed by atoms with van der Waals surface area (Å²) in [5.74, 6) is 0.483. The van der Waals surface area contributed by atoms with Crippen molar-refractivity contribution in [2.75, 3.05) is 13.1 Å². The summed E-state index contributed by atoms with van der Waals surface area (Å²) >= 11 is 0. The van der Waals surface area contributed by atoms with E-state index in [0.717, 1.165) is 19.3 Å². The molecule has 2 nitrogen and oxygen atoms in total. The van der Waals surface area contributed by atoms with Gasteiger partial charge in [0, 0.05) is 18.9 Å². The normalized spacial score (nSPS) is 31.4. The molecule has 0 aromatic heterocycles. The van der Waals surface area contributed by atoms with Gasteiger partial charge in [0.05, 0.1) is 0 Å². The highest BCUT2D eigenvalue weighted by Gasteiger charge is 2.27. The lowest BCUT2D eigenvalue weighted by Gasteiger charge is -2.29. The van der Waals surface area contributed by atoms with Gasteiger partial charge in [0.2, 0.25) is 0 Å². The molecule has 2 heteroatoms. The van der Waals surface area contributed by atoms with E-state index in [4.69, 9.17) is 0 Å². The quantitative estimate of drug-likeness (QED) is 0.640. The third-order valence-corrected chi connectivity index (χ3v) is 3.63. The molecule has 80 valence electrons. The Hall–Kier alpha value is -0.370. The van der Waals surface area contributed by atoms with E-state index < -0.39 is 0 Å². The van der Waals surface area contributed by atoms with E-state index >= 15 is 0 Å². The number of ketones is 1. The Balaban J connectivity index is 1.84. The second kappa shape index (κ2) is 4.92. The number of likely N-dealkylation sites (tertiary alicyclic amines) is 1. The summed E-state index contributed by atoms with van der Waals surface area (Å²) in [7, 11) is 0. The maximum absolute atomic E-state index is 11.2. The summed E-state index contributed by atoms with van der Waals surface area (Å²) in [4.78, 5) is 13.8. The van der Waals surface area contributed by atoms with E-state index in [1.54, 1.807) is 0 Å². The summed E-state index contributed by atoms with van der Waals surface area (Å²) in [6, 6.07) is 0.598. The van der Waals surface area contributed by atoms with E-state index in [1.165, 1.54) is 45.2 Å².